The molecule has 0 saturated carbocycles. The summed E-state index contributed by atoms with van der Waals surface area (Å²) in [7, 11) is 0. The second-order valence-corrected chi connectivity index (χ2v) is 3.89. The summed E-state index contributed by atoms with van der Waals surface area (Å²) in [5.41, 5.74) is 0. The van der Waals surface area contributed by atoms with Gasteiger partial charge in [-0.05, 0) is 12.8 Å². The first-order valence-corrected chi connectivity index (χ1v) is 5.65. The highest BCUT2D eigenvalue weighted by Crippen LogP contribution is 2.28. The first-order valence-electron chi connectivity index (χ1n) is 5.65. The SMILES string of the molecule is CC.O=N[C@H]1CN2CCC(O)C2CC1O. The maximum atomic E-state index is 10.3. The molecule has 2 heterocycles. The van der Waals surface area contributed by atoms with Gasteiger partial charge in [0, 0.05) is 19.1 Å². The first-order chi connectivity index (χ1) is 7.22. The summed E-state index contributed by atoms with van der Waals surface area (Å²) < 4.78 is 0. The van der Waals surface area contributed by atoms with Gasteiger partial charge in [0.2, 0.25) is 0 Å². The van der Waals surface area contributed by atoms with E-state index in [1.807, 2.05) is 18.7 Å². The predicted octanol–water partition coefficient (Wildman–Crippen LogP) is 0.347. The molecule has 0 radical (unpaired) electrons. The Morgan fingerprint density at radius 2 is 1.93 bits per heavy atom. The van der Waals surface area contributed by atoms with E-state index in [0.29, 0.717) is 13.0 Å². The molecule has 2 N–H and O–H groups in total. The van der Waals surface area contributed by atoms with Crippen LogP contribution in [-0.4, -0.2) is 52.5 Å². The van der Waals surface area contributed by atoms with E-state index in [1.165, 1.54) is 0 Å². The van der Waals surface area contributed by atoms with E-state index in [-0.39, 0.29) is 12.1 Å². The maximum absolute atomic E-state index is 10.3. The standard InChI is InChI=1S/C8H14N2O3.C2H6/c11-7-1-2-10-4-5(9-13)8(12)3-6(7)10;1-2/h5-8,11-12H,1-4H2;1-2H3/t5-,6?,7?,8?;/m0./s1. The minimum Gasteiger partial charge on any atom is -0.391 e. The molecule has 15 heavy (non-hydrogen) atoms. The van der Waals surface area contributed by atoms with Crippen LogP contribution in [0.15, 0.2) is 5.18 Å². The molecule has 0 aromatic rings. The van der Waals surface area contributed by atoms with Crippen LogP contribution in [-0.2, 0) is 0 Å². The van der Waals surface area contributed by atoms with Gasteiger partial charge in [-0.1, -0.05) is 19.0 Å². The number of hydrogen-bond donors (Lipinski definition) is 2. The van der Waals surface area contributed by atoms with Crippen LogP contribution in [0, 0.1) is 4.91 Å². The van der Waals surface area contributed by atoms with Gasteiger partial charge in [-0.25, -0.2) is 0 Å². The van der Waals surface area contributed by atoms with Crippen molar-refractivity contribution in [1.29, 1.82) is 0 Å². The van der Waals surface area contributed by atoms with E-state index >= 15 is 0 Å². The molecule has 4 atom stereocenters. The van der Waals surface area contributed by atoms with Crippen molar-refractivity contribution < 1.29 is 10.2 Å². The van der Waals surface area contributed by atoms with Crippen molar-refractivity contribution >= 4 is 0 Å². The Kier molecular flexibility index (Phi) is 4.63. The zero-order valence-electron chi connectivity index (χ0n) is 9.33. The molecule has 0 spiro atoms. The number of nitrogens with zero attached hydrogens (tertiary/aromatic N) is 2. The third-order valence-electron chi connectivity index (χ3n) is 3.11. The summed E-state index contributed by atoms with van der Waals surface area (Å²) in [6.45, 7) is 5.30. The van der Waals surface area contributed by atoms with Crippen LogP contribution in [0.4, 0.5) is 0 Å². The van der Waals surface area contributed by atoms with E-state index < -0.39 is 12.1 Å². The van der Waals surface area contributed by atoms with Crippen LogP contribution >= 0.6 is 0 Å². The molecule has 0 aromatic heterocycles. The number of hydrogen-bond acceptors (Lipinski definition) is 5. The van der Waals surface area contributed by atoms with Gasteiger partial charge in [0.05, 0.1) is 12.2 Å². The molecule has 0 amide bonds. The largest absolute Gasteiger partial charge is 0.391 e. The van der Waals surface area contributed by atoms with Crippen LogP contribution < -0.4 is 0 Å². The Balaban J connectivity index is 0.000000531. The normalized spacial score (nSPS) is 40.3. The lowest BCUT2D eigenvalue weighted by Crippen LogP contribution is -2.51. The van der Waals surface area contributed by atoms with E-state index in [2.05, 4.69) is 5.18 Å². The van der Waals surface area contributed by atoms with Crippen molar-refractivity contribution in [1.82, 2.24) is 4.90 Å². The van der Waals surface area contributed by atoms with Gasteiger partial charge in [0.25, 0.3) is 0 Å². The van der Waals surface area contributed by atoms with Crippen molar-refractivity contribution in [2.45, 2.75) is 51.0 Å². The summed E-state index contributed by atoms with van der Waals surface area (Å²) in [5, 5.41) is 21.9. The molecule has 5 heteroatoms. The van der Waals surface area contributed by atoms with Crippen LogP contribution in [0.25, 0.3) is 0 Å². The molecule has 0 aliphatic carbocycles. The summed E-state index contributed by atoms with van der Waals surface area (Å²) in [5.74, 6) is 0. The molecular weight excluding hydrogens is 196 g/mol. The van der Waals surface area contributed by atoms with Crippen LogP contribution in [0.5, 0.6) is 0 Å². The fraction of sp³-hybridized carbons (Fsp3) is 1.00. The van der Waals surface area contributed by atoms with Gasteiger partial charge in [-0.3, -0.25) is 4.90 Å². The molecule has 5 nitrogen and oxygen atoms in total. The molecule has 2 fully saturated rings. The van der Waals surface area contributed by atoms with Crippen molar-refractivity contribution in [2.75, 3.05) is 13.1 Å². The van der Waals surface area contributed by atoms with Crippen LogP contribution in [0.2, 0.25) is 0 Å². The third-order valence-corrected chi connectivity index (χ3v) is 3.11. The maximum Gasteiger partial charge on any atom is 0.130 e. The third kappa shape index (κ3) is 2.53. The van der Waals surface area contributed by atoms with Crippen molar-refractivity contribution in [3.8, 4) is 0 Å². The van der Waals surface area contributed by atoms with E-state index in [4.69, 9.17) is 0 Å². The van der Waals surface area contributed by atoms with Gasteiger partial charge in [-0.15, -0.1) is 0 Å². The number of fused-ring (bicyclic) bond motifs is 1. The summed E-state index contributed by atoms with van der Waals surface area (Å²) in [4.78, 5) is 12.4. The smallest absolute Gasteiger partial charge is 0.130 e. The number of aliphatic hydroxyl groups excluding tert-OH is 2. The van der Waals surface area contributed by atoms with Gasteiger partial charge in [0.1, 0.15) is 6.04 Å². The zero-order chi connectivity index (χ0) is 11.4. The summed E-state index contributed by atoms with van der Waals surface area (Å²) in [6, 6.07) is -0.477. The second-order valence-electron chi connectivity index (χ2n) is 3.89. The van der Waals surface area contributed by atoms with Crippen molar-refractivity contribution in [3.05, 3.63) is 4.91 Å². The summed E-state index contributed by atoms with van der Waals surface area (Å²) in [6.07, 6.45) is 0.189. The minimum absolute atomic E-state index is 0.0352. The molecule has 0 aromatic carbocycles. The van der Waals surface area contributed by atoms with Gasteiger partial charge >= 0.3 is 0 Å². The Hall–Kier alpha value is -0.520. The molecule has 88 valence electrons. The molecule has 3 unspecified atom stereocenters. The lowest BCUT2D eigenvalue weighted by atomic mass is 9.95. The molecular formula is C10H20N2O3. The lowest BCUT2D eigenvalue weighted by molar-refractivity contribution is 0.0101. The number of rotatable bonds is 1. The van der Waals surface area contributed by atoms with Crippen molar-refractivity contribution in [2.24, 2.45) is 5.18 Å². The molecule has 2 saturated heterocycles. The van der Waals surface area contributed by atoms with Gasteiger partial charge in [0.15, 0.2) is 0 Å². The van der Waals surface area contributed by atoms with Crippen molar-refractivity contribution in [3.63, 3.8) is 0 Å². The van der Waals surface area contributed by atoms with Gasteiger partial charge < -0.3 is 10.2 Å². The molecule has 2 rings (SSSR count). The number of piperidine rings is 1. The van der Waals surface area contributed by atoms with E-state index in [0.717, 1.165) is 13.0 Å². The van der Waals surface area contributed by atoms with E-state index in [1.54, 1.807) is 0 Å². The monoisotopic (exact) mass is 216 g/mol. The Bertz CT molecular complexity index is 213. The topological polar surface area (TPSA) is 73.1 Å². The minimum atomic E-state index is -0.675. The molecule has 0 bridgehead atoms. The van der Waals surface area contributed by atoms with Crippen LogP contribution in [0.3, 0.4) is 0 Å². The second kappa shape index (κ2) is 5.53. The Morgan fingerprint density at radius 1 is 1.27 bits per heavy atom. The lowest BCUT2D eigenvalue weighted by Gasteiger charge is -2.36. The molecule has 2 aliphatic heterocycles. The average Bonchev–Trinajstić information content (AvgIpc) is 2.62. The fourth-order valence-electron chi connectivity index (χ4n) is 2.30. The Labute approximate surface area is 90.1 Å². The first kappa shape index (κ1) is 12.5. The molecule has 2 aliphatic rings. The quantitative estimate of drug-likeness (QED) is 0.620. The fourth-order valence-corrected chi connectivity index (χ4v) is 2.30. The summed E-state index contributed by atoms with van der Waals surface area (Å²) >= 11 is 0. The van der Waals surface area contributed by atoms with E-state index in [9.17, 15) is 15.1 Å². The highest BCUT2D eigenvalue weighted by atomic mass is 16.3. The highest BCUT2D eigenvalue weighted by molar-refractivity contribution is 4.97. The predicted molar refractivity (Wildman–Crippen MR) is 57.5 cm³/mol. The zero-order valence-corrected chi connectivity index (χ0v) is 9.33. The number of nitroso groups, excluding NO2 is 1. The highest BCUT2D eigenvalue weighted by Gasteiger charge is 2.42. The van der Waals surface area contributed by atoms with Crippen LogP contribution in [0.1, 0.15) is 26.7 Å². The Morgan fingerprint density at radius 3 is 2.53 bits per heavy atom. The van der Waals surface area contributed by atoms with Gasteiger partial charge in [-0.2, -0.15) is 4.91 Å². The number of aliphatic hydroxyl groups is 2. The average molecular weight is 216 g/mol.